The largest absolute Gasteiger partial charge is 0.466 e. The van der Waals surface area contributed by atoms with Gasteiger partial charge in [0.1, 0.15) is 0 Å². The number of nitrogens with one attached hydrogen (secondary N) is 1. The fourth-order valence-corrected chi connectivity index (χ4v) is 1.80. The minimum Gasteiger partial charge on any atom is -0.466 e. The lowest BCUT2D eigenvalue weighted by Gasteiger charge is -2.10. The van der Waals surface area contributed by atoms with Gasteiger partial charge in [0.15, 0.2) is 0 Å². The lowest BCUT2D eigenvalue weighted by atomic mass is 10.2. The van der Waals surface area contributed by atoms with E-state index in [9.17, 15) is 4.79 Å². The second-order valence-corrected chi connectivity index (χ2v) is 4.23. The van der Waals surface area contributed by atoms with Crippen LogP contribution in [0, 0.1) is 5.92 Å². The Morgan fingerprint density at radius 2 is 2.29 bits per heavy atom. The topological polar surface area (TPSA) is 38.3 Å². The Labute approximate surface area is 91.0 Å². The lowest BCUT2D eigenvalue weighted by molar-refractivity contribution is -0.142. The first-order valence-corrected chi connectivity index (χ1v) is 6.45. The van der Waals surface area contributed by atoms with Gasteiger partial charge in [-0.05, 0) is 31.4 Å². The van der Waals surface area contributed by atoms with E-state index >= 15 is 0 Å². The maximum absolute atomic E-state index is 10.9. The van der Waals surface area contributed by atoms with Crippen LogP contribution in [0.15, 0.2) is 0 Å². The zero-order chi connectivity index (χ0) is 10.8. The van der Waals surface area contributed by atoms with E-state index in [0.29, 0.717) is 18.9 Å². The van der Waals surface area contributed by atoms with Crippen molar-refractivity contribution < 1.29 is 9.53 Å². The van der Waals surface area contributed by atoms with Crippen molar-refractivity contribution in [1.82, 2.24) is 5.32 Å². The molecule has 0 aromatic carbocycles. The van der Waals surface area contributed by atoms with Gasteiger partial charge in [-0.2, -0.15) is 11.8 Å². The first-order valence-electron chi connectivity index (χ1n) is 5.06. The summed E-state index contributed by atoms with van der Waals surface area (Å²) in [5.41, 5.74) is 0. The van der Waals surface area contributed by atoms with Crippen molar-refractivity contribution in [3.05, 3.63) is 0 Å². The Kier molecular flexibility index (Phi) is 9.19. The molecule has 0 spiro atoms. The number of carbonyl (C=O) groups is 1. The van der Waals surface area contributed by atoms with Crippen LogP contribution in [-0.4, -0.2) is 37.7 Å². The summed E-state index contributed by atoms with van der Waals surface area (Å²) in [6.45, 7) is 6.19. The van der Waals surface area contributed by atoms with E-state index in [4.69, 9.17) is 4.74 Å². The van der Waals surface area contributed by atoms with Crippen LogP contribution in [0.1, 0.15) is 20.3 Å². The van der Waals surface area contributed by atoms with Gasteiger partial charge < -0.3 is 10.1 Å². The van der Waals surface area contributed by atoms with Gasteiger partial charge in [0.25, 0.3) is 0 Å². The molecule has 84 valence electrons. The highest BCUT2D eigenvalue weighted by Crippen LogP contribution is 2.02. The fraction of sp³-hybridized carbons (Fsp3) is 0.900. The van der Waals surface area contributed by atoms with Crippen LogP contribution in [0.2, 0.25) is 0 Å². The van der Waals surface area contributed by atoms with Crippen LogP contribution >= 0.6 is 11.8 Å². The summed E-state index contributed by atoms with van der Waals surface area (Å²) in [5, 5.41) is 3.25. The van der Waals surface area contributed by atoms with Crippen molar-refractivity contribution >= 4 is 17.7 Å². The summed E-state index contributed by atoms with van der Waals surface area (Å²) in [6.07, 6.45) is 2.58. The van der Waals surface area contributed by atoms with E-state index in [1.54, 1.807) is 0 Å². The molecule has 1 atom stereocenters. The SMILES string of the molecule is CCOC(=O)CCNCC(C)CSC. The average Bonchev–Trinajstić information content (AvgIpc) is 2.13. The Bertz CT molecular complexity index is 153. The van der Waals surface area contributed by atoms with Crippen LogP contribution in [0.3, 0.4) is 0 Å². The van der Waals surface area contributed by atoms with Gasteiger partial charge in [-0.1, -0.05) is 6.92 Å². The molecule has 0 bridgehead atoms. The molecule has 4 heteroatoms. The van der Waals surface area contributed by atoms with E-state index in [1.165, 1.54) is 0 Å². The Hall–Kier alpha value is -0.220. The highest BCUT2D eigenvalue weighted by atomic mass is 32.2. The van der Waals surface area contributed by atoms with Gasteiger partial charge in [-0.3, -0.25) is 4.79 Å². The monoisotopic (exact) mass is 219 g/mol. The number of carbonyl (C=O) groups excluding carboxylic acids is 1. The number of rotatable bonds is 8. The molecule has 0 aliphatic rings. The molecule has 0 aromatic rings. The second-order valence-electron chi connectivity index (χ2n) is 3.32. The van der Waals surface area contributed by atoms with Crippen molar-refractivity contribution in [2.75, 3.05) is 31.7 Å². The lowest BCUT2D eigenvalue weighted by Crippen LogP contribution is -2.25. The molecule has 0 aliphatic carbocycles. The summed E-state index contributed by atoms with van der Waals surface area (Å²) >= 11 is 1.85. The first-order chi connectivity index (χ1) is 6.70. The fourth-order valence-electron chi connectivity index (χ4n) is 1.12. The van der Waals surface area contributed by atoms with Crippen LogP contribution in [0.5, 0.6) is 0 Å². The van der Waals surface area contributed by atoms with Crippen LogP contribution in [0.4, 0.5) is 0 Å². The van der Waals surface area contributed by atoms with Crippen molar-refractivity contribution in [3.63, 3.8) is 0 Å². The molecule has 3 nitrogen and oxygen atoms in total. The number of esters is 1. The molecule has 0 fully saturated rings. The van der Waals surface area contributed by atoms with Gasteiger partial charge in [-0.25, -0.2) is 0 Å². The zero-order valence-electron chi connectivity index (χ0n) is 9.34. The molecule has 0 rings (SSSR count). The van der Waals surface area contributed by atoms with Gasteiger partial charge >= 0.3 is 5.97 Å². The molecule has 0 heterocycles. The van der Waals surface area contributed by atoms with Crippen molar-refractivity contribution in [2.45, 2.75) is 20.3 Å². The highest BCUT2D eigenvalue weighted by Gasteiger charge is 2.02. The van der Waals surface area contributed by atoms with Gasteiger partial charge in [0.05, 0.1) is 13.0 Å². The second kappa shape index (κ2) is 9.34. The molecule has 0 amide bonds. The molecular formula is C10H21NO2S. The molecule has 1 unspecified atom stereocenters. The van der Waals surface area contributed by atoms with Crippen molar-refractivity contribution in [3.8, 4) is 0 Å². The molecule has 1 N–H and O–H groups in total. The summed E-state index contributed by atoms with van der Waals surface area (Å²) in [6, 6.07) is 0. The molecule has 0 radical (unpaired) electrons. The highest BCUT2D eigenvalue weighted by molar-refractivity contribution is 7.98. The third-order valence-electron chi connectivity index (χ3n) is 1.76. The molecular weight excluding hydrogens is 198 g/mol. The zero-order valence-corrected chi connectivity index (χ0v) is 10.2. The number of ether oxygens (including phenoxy) is 1. The molecule has 0 saturated carbocycles. The van der Waals surface area contributed by atoms with E-state index < -0.39 is 0 Å². The van der Waals surface area contributed by atoms with Crippen LogP contribution in [-0.2, 0) is 9.53 Å². The maximum Gasteiger partial charge on any atom is 0.307 e. The van der Waals surface area contributed by atoms with Gasteiger partial charge in [-0.15, -0.1) is 0 Å². The van der Waals surface area contributed by atoms with E-state index in [0.717, 1.165) is 18.8 Å². The normalized spacial score (nSPS) is 12.5. The number of hydrogen-bond donors (Lipinski definition) is 1. The Balaban J connectivity index is 3.24. The third kappa shape index (κ3) is 8.38. The maximum atomic E-state index is 10.9. The summed E-state index contributed by atoms with van der Waals surface area (Å²) in [5.74, 6) is 1.71. The summed E-state index contributed by atoms with van der Waals surface area (Å²) in [4.78, 5) is 10.9. The van der Waals surface area contributed by atoms with E-state index in [2.05, 4.69) is 18.5 Å². The Morgan fingerprint density at radius 1 is 1.57 bits per heavy atom. The van der Waals surface area contributed by atoms with Crippen molar-refractivity contribution in [2.24, 2.45) is 5.92 Å². The average molecular weight is 219 g/mol. The minimum absolute atomic E-state index is 0.113. The van der Waals surface area contributed by atoms with Crippen molar-refractivity contribution in [1.29, 1.82) is 0 Å². The van der Waals surface area contributed by atoms with Gasteiger partial charge in [0, 0.05) is 6.54 Å². The minimum atomic E-state index is -0.113. The van der Waals surface area contributed by atoms with Gasteiger partial charge in [0.2, 0.25) is 0 Å². The summed E-state index contributed by atoms with van der Waals surface area (Å²) in [7, 11) is 0. The van der Waals surface area contributed by atoms with E-state index in [1.807, 2.05) is 18.7 Å². The molecule has 0 saturated heterocycles. The van der Waals surface area contributed by atoms with Crippen LogP contribution in [0.25, 0.3) is 0 Å². The number of hydrogen-bond acceptors (Lipinski definition) is 4. The van der Waals surface area contributed by atoms with E-state index in [-0.39, 0.29) is 5.97 Å². The molecule has 0 aromatic heterocycles. The summed E-state index contributed by atoms with van der Waals surface area (Å²) < 4.78 is 4.81. The predicted octanol–water partition coefficient (Wildman–Crippen LogP) is 1.53. The molecule has 14 heavy (non-hydrogen) atoms. The predicted molar refractivity (Wildman–Crippen MR) is 61.7 cm³/mol. The van der Waals surface area contributed by atoms with Crippen LogP contribution < -0.4 is 5.32 Å². The standard InChI is InChI=1S/C10H21NO2S/c1-4-13-10(12)5-6-11-7-9(2)8-14-3/h9,11H,4-8H2,1-3H3. The Morgan fingerprint density at radius 3 is 2.86 bits per heavy atom. The number of thioether (sulfide) groups is 1. The third-order valence-corrected chi connectivity index (χ3v) is 2.66. The first kappa shape index (κ1) is 13.8. The quantitative estimate of drug-likeness (QED) is 0.496. The molecule has 0 aliphatic heterocycles. The smallest absolute Gasteiger partial charge is 0.307 e.